The number of pyridine rings is 1. The number of carbonyl (C=O) groups is 1. The third-order valence-corrected chi connectivity index (χ3v) is 2.84. The van der Waals surface area contributed by atoms with Crippen LogP contribution in [0.4, 0.5) is 5.82 Å². The Hall–Kier alpha value is -2.14. The van der Waals surface area contributed by atoms with E-state index in [0.29, 0.717) is 5.69 Å². The SMILES string of the molecule is CCCNc1nc(C(=O)NN(C)C)cc2ccccc12. The third kappa shape index (κ3) is 3.24. The number of carbonyl (C=O) groups excluding carboxylic acids is 1. The smallest absolute Gasteiger partial charge is 0.284 e. The van der Waals surface area contributed by atoms with Crippen molar-refractivity contribution in [3.05, 3.63) is 36.0 Å². The summed E-state index contributed by atoms with van der Waals surface area (Å²) in [6.07, 6.45) is 1.00. The average molecular weight is 272 g/mol. The van der Waals surface area contributed by atoms with E-state index in [2.05, 4.69) is 22.7 Å². The van der Waals surface area contributed by atoms with Gasteiger partial charge >= 0.3 is 0 Å². The van der Waals surface area contributed by atoms with Gasteiger partial charge in [-0.3, -0.25) is 10.2 Å². The summed E-state index contributed by atoms with van der Waals surface area (Å²) in [4.78, 5) is 16.5. The van der Waals surface area contributed by atoms with E-state index in [9.17, 15) is 4.79 Å². The number of amides is 1. The predicted molar refractivity (Wildman–Crippen MR) is 81.7 cm³/mol. The van der Waals surface area contributed by atoms with Crippen molar-refractivity contribution in [2.75, 3.05) is 26.0 Å². The Labute approximate surface area is 119 Å². The molecular formula is C15H20N4O. The molecule has 0 aliphatic heterocycles. The van der Waals surface area contributed by atoms with Gasteiger partial charge in [-0.05, 0) is 17.9 Å². The number of hydrogen-bond donors (Lipinski definition) is 2. The topological polar surface area (TPSA) is 57.3 Å². The van der Waals surface area contributed by atoms with Crippen molar-refractivity contribution < 1.29 is 4.79 Å². The summed E-state index contributed by atoms with van der Waals surface area (Å²) in [6, 6.07) is 9.74. The molecule has 2 aromatic rings. The molecule has 2 N–H and O–H groups in total. The first-order valence-corrected chi connectivity index (χ1v) is 6.73. The first kappa shape index (κ1) is 14.3. The number of nitrogens with zero attached hydrogens (tertiary/aromatic N) is 2. The fourth-order valence-corrected chi connectivity index (χ4v) is 1.95. The lowest BCUT2D eigenvalue weighted by Gasteiger charge is -2.14. The molecule has 1 aromatic carbocycles. The molecule has 0 unspecified atom stereocenters. The van der Waals surface area contributed by atoms with Gasteiger partial charge in [0.05, 0.1) is 0 Å². The lowest BCUT2D eigenvalue weighted by Crippen LogP contribution is -2.36. The highest BCUT2D eigenvalue weighted by atomic mass is 16.2. The van der Waals surface area contributed by atoms with Crippen LogP contribution in [0.5, 0.6) is 0 Å². The third-order valence-electron chi connectivity index (χ3n) is 2.84. The number of anilines is 1. The van der Waals surface area contributed by atoms with Crippen LogP contribution in [0.15, 0.2) is 30.3 Å². The second-order valence-corrected chi connectivity index (χ2v) is 4.84. The normalized spacial score (nSPS) is 10.8. The summed E-state index contributed by atoms with van der Waals surface area (Å²) in [7, 11) is 3.55. The maximum absolute atomic E-state index is 12.1. The van der Waals surface area contributed by atoms with Gasteiger partial charge in [-0.2, -0.15) is 0 Å². The minimum atomic E-state index is -0.208. The maximum atomic E-state index is 12.1. The molecule has 0 aliphatic carbocycles. The summed E-state index contributed by atoms with van der Waals surface area (Å²) >= 11 is 0. The fourth-order valence-electron chi connectivity index (χ4n) is 1.95. The number of benzene rings is 1. The van der Waals surface area contributed by atoms with Gasteiger partial charge in [-0.25, -0.2) is 9.99 Å². The molecule has 5 nitrogen and oxygen atoms in total. The van der Waals surface area contributed by atoms with E-state index in [1.165, 1.54) is 0 Å². The largest absolute Gasteiger partial charge is 0.370 e. The molecule has 0 atom stereocenters. The molecule has 0 aliphatic rings. The molecule has 5 heteroatoms. The summed E-state index contributed by atoms with van der Waals surface area (Å²) in [5.41, 5.74) is 3.12. The zero-order valence-corrected chi connectivity index (χ0v) is 12.1. The molecule has 1 heterocycles. The van der Waals surface area contributed by atoms with Crippen LogP contribution in [-0.4, -0.2) is 36.5 Å². The van der Waals surface area contributed by atoms with E-state index in [-0.39, 0.29) is 5.91 Å². The minimum absolute atomic E-state index is 0.208. The minimum Gasteiger partial charge on any atom is -0.370 e. The number of nitrogens with one attached hydrogen (secondary N) is 2. The van der Waals surface area contributed by atoms with Gasteiger partial charge in [0, 0.05) is 26.0 Å². The van der Waals surface area contributed by atoms with Crippen LogP contribution in [0.3, 0.4) is 0 Å². The Bertz CT molecular complexity index is 610. The first-order valence-electron chi connectivity index (χ1n) is 6.73. The first-order chi connectivity index (χ1) is 9.61. The van der Waals surface area contributed by atoms with Crippen LogP contribution >= 0.6 is 0 Å². The van der Waals surface area contributed by atoms with Crippen molar-refractivity contribution in [3.8, 4) is 0 Å². The molecule has 1 amide bonds. The van der Waals surface area contributed by atoms with Crippen LogP contribution in [-0.2, 0) is 0 Å². The molecule has 106 valence electrons. The second-order valence-electron chi connectivity index (χ2n) is 4.84. The molecule has 1 aromatic heterocycles. The Kier molecular flexibility index (Phi) is 4.53. The van der Waals surface area contributed by atoms with E-state index >= 15 is 0 Å². The number of hydrazine groups is 1. The highest BCUT2D eigenvalue weighted by Crippen LogP contribution is 2.22. The Morgan fingerprint density at radius 2 is 2.05 bits per heavy atom. The standard InChI is InChI=1S/C15H20N4O/c1-4-9-16-14-12-8-6-5-7-11(12)10-13(17-14)15(20)18-19(2)3/h5-8,10H,4,9H2,1-3H3,(H,16,17)(H,18,20). The van der Waals surface area contributed by atoms with Crippen molar-refractivity contribution in [3.63, 3.8) is 0 Å². The maximum Gasteiger partial charge on any atom is 0.284 e. The summed E-state index contributed by atoms with van der Waals surface area (Å²) in [5.74, 6) is 0.550. The molecular weight excluding hydrogens is 252 g/mol. The van der Waals surface area contributed by atoms with Crippen LogP contribution in [0, 0.1) is 0 Å². The van der Waals surface area contributed by atoms with Crippen molar-refractivity contribution in [2.24, 2.45) is 0 Å². The molecule has 0 fully saturated rings. The molecule has 0 radical (unpaired) electrons. The van der Waals surface area contributed by atoms with Crippen LogP contribution in [0.2, 0.25) is 0 Å². The number of hydrogen-bond acceptors (Lipinski definition) is 4. The summed E-state index contributed by atoms with van der Waals surface area (Å²) in [5, 5.41) is 6.93. The Morgan fingerprint density at radius 1 is 1.30 bits per heavy atom. The van der Waals surface area contributed by atoms with E-state index in [1.807, 2.05) is 30.3 Å². The highest BCUT2D eigenvalue weighted by Gasteiger charge is 2.12. The van der Waals surface area contributed by atoms with E-state index in [4.69, 9.17) is 0 Å². The monoisotopic (exact) mass is 272 g/mol. The molecule has 0 saturated carbocycles. The van der Waals surface area contributed by atoms with Crippen molar-refractivity contribution in [1.82, 2.24) is 15.4 Å². The highest BCUT2D eigenvalue weighted by molar-refractivity contribution is 6.00. The van der Waals surface area contributed by atoms with Gasteiger partial charge in [0.25, 0.3) is 5.91 Å². The van der Waals surface area contributed by atoms with Gasteiger partial charge in [-0.15, -0.1) is 0 Å². The van der Waals surface area contributed by atoms with E-state index < -0.39 is 0 Å². The van der Waals surface area contributed by atoms with E-state index in [0.717, 1.165) is 29.6 Å². The van der Waals surface area contributed by atoms with Gasteiger partial charge in [0.2, 0.25) is 0 Å². The predicted octanol–water partition coefficient (Wildman–Crippen LogP) is 2.26. The lowest BCUT2D eigenvalue weighted by molar-refractivity contribution is 0.0852. The Morgan fingerprint density at radius 3 is 2.75 bits per heavy atom. The van der Waals surface area contributed by atoms with Crippen LogP contribution in [0.25, 0.3) is 10.8 Å². The number of fused-ring (bicyclic) bond motifs is 1. The van der Waals surface area contributed by atoms with Gasteiger partial charge in [-0.1, -0.05) is 31.2 Å². The van der Waals surface area contributed by atoms with Crippen LogP contribution in [0.1, 0.15) is 23.8 Å². The fraction of sp³-hybridized carbons (Fsp3) is 0.333. The molecule has 0 saturated heterocycles. The quantitative estimate of drug-likeness (QED) is 0.820. The zero-order valence-electron chi connectivity index (χ0n) is 12.1. The average Bonchev–Trinajstić information content (AvgIpc) is 2.43. The van der Waals surface area contributed by atoms with E-state index in [1.54, 1.807) is 19.1 Å². The number of rotatable bonds is 5. The second kappa shape index (κ2) is 6.34. The molecule has 2 rings (SSSR count). The Balaban J connectivity index is 2.43. The van der Waals surface area contributed by atoms with Crippen LogP contribution < -0.4 is 10.7 Å². The molecule has 0 spiro atoms. The van der Waals surface area contributed by atoms with Gasteiger partial charge in [0.1, 0.15) is 11.5 Å². The van der Waals surface area contributed by atoms with Crippen molar-refractivity contribution in [2.45, 2.75) is 13.3 Å². The van der Waals surface area contributed by atoms with Gasteiger partial charge < -0.3 is 5.32 Å². The van der Waals surface area contributed by atoms with Crippen molar-refractivity contribution in [1.29, 1.82) is 0 Å². The van der Waals surface area contributed by atoms with Crippen molar-refractivity contribution >= 4 is 22.5 Å². The molecule has 20 heavy (non-hydrogen) atoms. The lowest BCUT2D eigenvalue weighted by atomic mass is 10.1. The summed E-state index contributed by atoms with van der Waals surface area (Å²) < 4.78 is 0. The van der Waals surface area contributed by atoms with Gasteiger partial charge in [0.15, 0.2) is 0 Å². The molecule has 0 bridgehead atoms. The number of aromatic nitrogens is 1. The summed E-state index contributed by atoms with van der Waals surface area (Å²) in [6.45, 7) is 2.92. The zero-order chi connectivity index (χ0) is 14.5.